The lowest BCUT2D eigenvalue weighted by atomic mass is 10.1. The third kappa shape index (κ3) is 6.94. The monoisotopic (exact) mass is 381 g/mol. The first-order valence-corrected chi connectivity index (χ1v) is 8.55. The van der Waals surface area contributed by atoms with Crippen molar-refractivity contribution in [3.05, 3.63) is 65.7 Å². The van der Waals surface area contributed by atoms with Crippen LogP contribution in [0.25, 0.3) is 0 Å². The molecule has 0 aliphatic heterocycles. The molecule has 0 saturated heterocycles. The molecule has 0 radical (unpaired) electrons. The summed E-state index contributed by atoms with van der Waals surface area (Å²) < 4.78 is 44.0. The van der Waals surface area contributed by atoms with Crippen molar-refractivity contribution in [2.24, 2.45) is 0 Å². The van der Waals surface area contributed by atoms with Gasteiger partial charge in [-0.3, -0.25) is 4.79 Å². The second kappa shape index (κ2) is 9.41. The Morgan fingerprint density at radius 3 is 2.26 bits per heavy atom. The van der Waals surface area contributed by atoms with Crippen LogP contribution in [-0.2, 0) is 11.0 Å². The van der Waals surface area contributed by atoms with Crippen molar-refractivity contribution in [2.75, 3.05) is 20.1 Å². The molecule has 7 heteroatoms. The van der Waals surface area contributed by atoms with Crippen molar-refractivity contribution >= 4 is 5.97 Å². The number of aliphatic carboxylic acids is 1. The molecule has 146 valence electrons. The molecule has 0 aliphatic carbocycles. The molecule has 2 aromatic rings. The fourth-order valence-corrected chi connectivity index (χ4v) is 2.58. The van der Waals surface area contributed by atoms with Crippen molar-refractivity contribution in [3.63, 3.8) is 0 Å². The first kappa shape index (κ1) is 20.8. The molecular weight excluding hydrogens is 359 g/mol. The van der Waals surface area contributed by atoms with E-state index in [0.29, 0.717) is 25.3 Å². The summed E-state index contributed by atoms with van der Waals surface area (Å²) in [5.74, 6) is -0.507. The number of alkyl halides is 3. The van der Waals surface area contributed by atoms with E-state index in [1.807, 2.05) is 42.3 Å². The van der Waals surface area contributed by atoms with E-state index in [2.05, 4.69) is 0 Å². The number of nitrogens with zero attached hydrogens (tertiary/aromatic N) is 1. The summed E-state index contributed by atoms with van der Waals surface area (Å²) in [7, 11) is 1.82. The van der Waals surface area contributed by atoms with E-state index in [1.54, 1.807) is 0 Å². The maximum absolute atomic E-state index is 12.7. The zero-order chi connectivity index (χ0) is 19.9. The summed E-state index contributed by atoms with van der Waals surface area (Å²) in [5.41, 5.74) is 0.184. The third-order valence-electron chi connectivity index (χ3n) is 4.11. The molecule has 2 rings (SSSR count). The molecule has 0 fully saturated rings. The van der Waals surface area contributed by atoms with Gasteiger partial charge in [-0.05, 0) is 36.9 Å². The van der Waals surface area contributed by atoms with Crippen molar-refractivity contribution in [3.8, 4) is 5.75 Å². The minimum Gasteiger partial charge on any atom is -0.486 e. The van der Waals surface area contributed by atoms with E-state index in [4.69, 9.17) is 9.84 Å². The predicted molar refractivity (Wildman–Crippen MR) is 95.6 cm³/mol. The average Bonchev–Trinajstić information content (AvgIpc) is 2.63. The zero-order valence-corrected chi connectivity index (χ0v) is 14.9. The molecule has 27 heavy (non-hydrogen) atoms. The van der Waals surface area contributed by atoms with Gasteiger partial charge in [0, 0.05) is 19.5 Å². The lowest BCUT2D eigenvalue weighted by Crippen LogP contribution is -2.25. The molecule has 2 aromatic carbocycles. The molecular formula is C20H22F3NO3. The smallest absolute Gasteiger partial charge is 0.416 e. The number of ether oxygens (including phenoxy) is 1. The van der Waals surface area contributed by atoms with Crippen molar-refractivity contribution < 1.29 is 27.8 Å². The van der Waals surface area contributed by atoms with Gasteiger partial charge in [0.15, 0.2) is 0 Å². The van der Waals surface area contributed by atoms with Crippen molar-refractivity contribution in [2.45, 2.75) is 25.1 Å². The van der Waals surface area contributed by atoms with Crippen LogP contribution < -0.4 is 4.74 Å². The van der Waals surface area contributed by atoms with Gasteiger partial charge in [-0.2, -0.15) is 13.2 Å². The summed E-state index contributed by atoms with van der Waals surface area (Å²) in [4.78, 5) is 12.6. The van der Waals surface area contributed by atoms with Gasteiger partial charge < -0.3 is 14.7 Å². The van der Waals surface area contributed by atoms with E-state index in [1.165, 1.54) is 12.1 Å². The van der Waals surface area contributed by atoms with Gasteiger partial charge in [-0.15, -0.1) is 0 Å². The van der Waals surface area contributed by atoms with Crippen LogP contribution in [0, 0.1) is 0 Å². The van der Waals surface area contributed by atoms with Crippen LogP contribution in [-0.4, -0.2) is 36.1 Å². The Morgan fingerprint density at radius 2 is 1.70 bits per heavy atom. The number of carboxylic acids is 1. The first-order valence-electron chi connectivity index (χ1n) is 8.55. The number of rotatable bonds is 9. The van der Waals surface area contributed by atoms with Crippen LogP contribution >= 0.6 is 0 Å². The van der Waals surface area contributed by atoms with Crippen LogP contribution in [0.2, 0.25) is 0 Å². The molecule has 0 saturated carbocycles. The van der Waals surface area contributed by atoms with E-state index < -0.39 is 17.7 Å². The molecule has 0 unspecified atom stereocenters. The van der Waals surface area contributed by atoms with Gasteiger partial charge in [0.1, 0.15) is 11.9 Å². The fourth-order valence-electron chi connectivity index (χ4n) is 2.58. The highest BCUT2D eigenvalue weighted by Gasteiger charge is 2.30. The maximum Gasteiger partial charge on any atom is 0.416 e. The predicted octanol–water partition coefficient (Wildman–Crippen LogP) is 4.62. The zero-order valence-electron chi connectivity index (χ0n) is 14.9. The third-order valence-corrected chi connectivity index (χ3v) is 4.11. The van der Waals surface area contributed by atoms with E-state index in [-0.39, 0.29) is 12.5 Å². The lowest BCUT2D eigenvalue weighted by Gasteiger charge is -2.23. The number of carboxylic acid groups (broad SMARTS) is 1. The lowest BCUT2D eigenvalue weighted by molar-refractivity contribution is -0.138. The van der Waals surface area contributed by atoms with Gasteiger partial charge >= 0.3 is 12.1 Å². The highest BCUT2D eigenvalue weighted by atomic mass is 19.4. The summed E-state index contributed by atoms with van der Waals surface area (Å²) in [6, 6.07) is 14.0. The van der Waals surface area contributed by atoms with Crippen LogP contribution in [0.15, 0.2) is 54.6 Å². The molecule has 0 aliphatic rings. The topological polar surface area (TPSA) is 49.8 Å². The Morgan fingerprint density at radius 1 is 1.07 bits per heavy atom. The largest absolute Gasteiger partial charge is 0.486 e. The summed E-state index contributed by atoms with van der Waals surface area (Å²) in [6.45, 7) is 1.00. The number of benzene rings is 2. The minimum absolute atomic E-state index is 0.0479. The van der Waals surface area contributed by atoms with Gasteiger partial charge in [-0.25, -0.2) is 0 Å². The Bertz CT molecular complexity index is 718. The number of hydrogen-bond donors (Lipinski definition) is 1. The van der Waals surface area contributed by atoms with E-state index in [0.717, 1.165) is 17.7 Å². The molecule has 0 heterocycles. The summed E-state index contributed by atoms with van der Waals surface area (Å²) in [5, 5.41) is 8.76. The number of halogens is 3. The molecule has 0 spiro atoms. The standard InChI is InChI=1S/C20H22F3NO3/c1-24(14-12-19(25)26)13-11-18(15-5-3-2-4-6-15)27-17-9-7-16(8-10-17)20(21,22)23/h2-10,18H,11-14H2,1H3,(H,25,26)/t18-/m1/s1. The molecule has 4 nitrogen and oxygen atoms in total. The number of hydrogen-bond acceptors (Lipinski definition) is 3. The SMILES string of the molecule is CN(CCC(=O)O)CC[C@@H](Oc1ccc(C(F)(F)F)cc1)c1ccccc1. The summed E-state index contributed by atoms with van der Waals surface area (Å²) in [6.07, 6.45) is -4.12. The van der Waals surface area contributed by atoms with Gasteiger partial charge in [0.25, 0.3) is 0 Å². The molecule has 0 amide bonds. The minimum atomic E-state index is -4.38. The highest BCUT2D eigenvalue weighted by Crippen LogP contribution is 2.32. The van der Waals surface area contributed by atoms with E-state index in [9.17, 15) is 18.0 Å². The van der Waals surface area contributed by atoms with Gasteiger partial charge in [0.2, 0.25) is 0 Å². The van der Waals surface area contributed by atoms with Crippen LogP contribution in [0.1, 0.15) is 30.1 Å². The fraction of sp³-hybridized carbons (Fsp3) is 0.350. The van der Waals surface area contributed by atoms with Crippen LogP contribution in [0.3, 0.4) is 0 Å². The second-order valence-electron chi connectivity index (χ2n) is 6.28. The Balaban J connectivity index is 2.06. The summed E-state index contributed by atoms with van der Waals surface area (Å²) >= 11 is 0. The van der Waals surface area contributed by atoms with Crippen molar-refractivity contribution in [1.29, 1.82) is 0 Å². The Labute approximate surface area is 156 Å². The normalized spacial score (nSPS) is 12.8. The van der Waals surface area contributed by atoms with Crippen molar-refractivity contribution in [1.82, 2.24) is 4.90 Å². The highest BCUT2D eigenvalue weighted by molar-refractivity contribution is 5.66. The molecule has 0 aromatic heterocycles. The second-order valence-corrected chi connectivity index (χ2v) is 6.28. The molecule has 0 bridgehead atoms. The van der Waals surface area contributed by atoms with Crippen LogP contribution in [0.4, 0.5) is 13.2 Å². The molecule has 1 N–H and O–H groups in total. The van der Waals surface area contributed by atoms with Gasteiger partial charge in [-0.1, -0.05) is 30.3 Å². The van der Waals surface area contributed by atoms with Crippen LogP contribution in [0.5, 0.6) is 5.75 Å². The Hall–Kier alpha value is -2.54. The quantitative estimate of drug-likeness (QED) is 0.689. The first-order chi connectivity index (χ1) is 12.8. The molecule has 1 atom stereocenters. The van der Waals surface area contributed by atoms with E-state index >= 15 is 0 Å². The Kier molecular flexibility index (Phi) is 7.24. The number of carbonyl (C=O) groups is 1. The average molecular weight is 381 g/mol. The van der Waals surface area contributed by atoms with Gasteiger partial charge in [0.05, 0.1) is 12.0 Å². The maximum atomic E-state index is 12.7.